The van der Waals surface area contributed by atoms with Crippen molar-refractivity contribution in [2.75, 3.05) is 20.2 Å². The summed E-state index contributed by atoms with van der Waals surface area (Å²) >= 11 is 0. The Hall–Kier alpha value is -1.65. The summed E-state index contributed by atoms with van der Waals surface area (Å²) in [6.45, 7) is 2.25. The number of ether oxygens (including phenoxy) is 1. The number of hydrogen-bond acceptors (Lipinski definition) is 4. The maximum atomic E-state index is 11.0. The highest BCUT2D eigenvalue weighted by atomic mass is 16.5. The van der Waals surface area contributed by atoms with Crippen molar-refractivity contribution >= 4 is 10.9 Å². The van der Waals surface area contributed by atoms with Crippen LogP contribution in [0.1, 0.15) is 30.9 Å². The molecule has 116 valence electrons. The van der Waals surface area contributed by atoms with E-state index in [1.165, 1.54) is 12.8 Å². The van der Waals surface area contributed by atoms with Gasteiger partial charge < -0.3 is 9.84 Å². The Kier molecular flexibility index (Phi) is 3.51. The van der Waals surface area contributed by atoms with Crippen LogP contribution in [0.3, 0.4) is 0 Å². The third-order valence-corrected chi connectivity index (χ3v) is 5.36. The number of aliphatic hydroxyl groups is 1. The number of benzene rings is 1. The Morgan fingerprint density at radius 3 is 2.77 bits per heavy atom. The van der Waals surface area contributed by atoms with Crippen molar-refractivity contribution in [2.45, 2.75) is 31.4 Å². The molecule has 4 heterocycles. The zero-order chi connectivity index (χ0) is 15.1. The average Bonchev–Trinajstić information content (AvgIpc) is 2.61. The van der Waals surface area contributed by atoms with Gasteiger partial charge in [-0.15, -0.1) is 0 Å². The van der Waals surface area contributed by atoms with Crippen molar-refractivity contribution in [1.29, 1.82) is 0 Å². The number of pyridine rings is 1. The topological polar surface area (TPSA) is 45.6 Å². The van der Waals surface area contributed by atoms with Gasteiger partial charge in [0.15, 0.2) is 0 Å². The van der Waals surface area contributed by atoms with E-state index >= 15 is 0 Å². The molecule has 1 aromatic carbocycles. The van der Waals surface area contributed by atoms with Crippen LogP contribution in [0, 0.1) is 5.92 Å². The average molecular weight is 298 g/mol. The molecule has 1 unspecified atom stereocenters. The van der Waals surface area contributed by atoms with Crippen LogP contribution >= 0.6 is 0 Å². The summed E-state index contributed by atoms with van der Waals surface area (Å²) in [5.41, 5.74) is 1.88. The molecule has 3 aliphatic rings. The van der Waals surface area contributed by atoms with Gasteiger partial charge in [0.25, 0.3) is 0 Å². The lowest BCUT2D eigenvalue weighted by molar-refractivity contribution is -0.0263. The molecular weight excluding hydrogens is 276 g/mol. The molecular formula is C18H22N2O2. The standard InChI is InChI=1S/C18H22N2O2/c1-22-13-2-3-16-15(11-13)14(4-7-19-16)18(21)17-10-12-5-8-20(17)9-6-12/h2-4,7,11-12,17-18,21H,5-6,8-10H2,1H3/t17?,18-/m1/s1. The van der Waals surface area contributed by atoms with E-state index in [0.29, 0.717) is 0 Å². The molecule has 5 rings (SSSR count). The molecule has 1 N–H and O–H groups in total. The molecule has 0 spiro atoms. The third-order valence-electron chi connectivity index (χ3n) is 5.36. The highest BCUT2D eigenvalue weighted by Gasteiger charge is 2.38. The predicted octanol–water partition coefficient (Wildman–Crippen LogP) is 2.76. The molecule has 3 saturated heterocycles. The van der Waals surface area contributed by atoms with Crippen LogP contribution in [0.15, 0.2) is 30.5 Å². The first-order valence-corrected chi connectivity index (χ1v) is 8.11. The van der Waals surface area contributed by atoms with Crippen molar-refractivity contribution in [3.63, 3.8) is 0 Å². The summed E-state index contributed by atoms with van der Waals surface area (Å²) < 4.78 is 5.33. The number of rotatable bonds is 3. The van der Waals surface area contributed by atoms with Crippen LogP contribution in [-0.2, 0) is 0 Å². The van der Waals surface area contributed by atoms with Crippen LogP contribution < -0.4 is 4.74 Å². The maximum absolute atomic E-state index is 11.0. The second-order valence-electron chi connectivity index (χ2n) is 6.51. The Morgan fingerprint density at radius 1 is 1.27 bits per heavy atom. The fourth-order valence-corrected chi connectivity index (χ4v) is 4.08. The number of aromatic nitrogens is 1. The quantitative estimate of drug-likeness (QED) is 0.946. The summed E-state index contributed by atoms with van der Waals surface area (Å²) in [5.74, 6) is 1.59. The van der Waals surface area contributed by atoms with E-state index in [2.05, 4.69) is 9.88 Å². The Bertz CT molecular complexity index is 680. The largest absolute Gasteiger partial charge is 0.497 e. The van der Waals surface area contributed by atoms with E-state index in [1.807, 2.05) is 24.3 Å². The van der Waals surface area contributed by atoms with Crippen LogP contribution in [0.25, 0.3) is 10.9 Å². The first-order chi connectivity index (χ1) is 10.8. The molecule has 2 bridgehead atoms. The van der Waals surface area contributed by atoms with Crippen molar-refractivity contribution in [3.8, 4) is 5.75 Å². The Morgan fingerprint density at radius 2 is 2.09 bits per heavy atom. The summed E-state index contributed by atoms with van der Waals surface area (Å²) in [4.78, 5) is 6.87. The summed E-state index contributed by atoms with van der Waals surface area (Å²) in [6.07, 6.45) is 5.02. The molecule has 0 radical (unpaired) electrons. The van der Waals surface area contributed by atoms with Gasteiger partial charge >= 0.3 is 0 Å². The third kappa shape index (κ3) is 2.27. The van der Waals surface area contributed by atoms with Gasteiger partial charge in [0, 0.05) is 17.6 Å². The summed E-state index contributed by atoms with van der Waals surface area (Å²) in [5, 5.41) is 12.0. The van der Waals surface area contributed by atoms with Gasteiger partial charge in [-0.25, -0.2) is 0 Å². The second kappa shape index (κ2) is 5.52. The van der Waals surface area contributed by atoms with Gasteiger partial charge in [-0.05, 0) is 68.1 Å². The van der Waals surface area contributed by atoms with Gasteiger partial charge in [-0.1, -0.05) is 0 Å². The number of aliphatic hydroxyl groups excluding tert-OH is 1. The van der Waals surface area contributed by atoms with E-state index in [0.717, 1.165) is 47.6 Å². The van der Waals surface area contributed by atoms with Crippen molar-refractivity contribution in [3.05, 3.63) is 36.0 Å². The number of methoxy groups -OCH3 is 1. The van der Waals surface area contributed by atoms with E-state index in [-0.39, 0.29) is 6.04 Å². The minimum absolute atomic E-state index is 0.240. The first-order valence-electron chi connectivity index (χ1n) is 8.11. The van der Waals surface area contributed by atoms with Gasteiger partial charge in [0.1, 0.15) is 5.75 Å². The molecule has 2 aromatic rings. The number of piperidine rings is 3. The molecule has 0 saturated carbocycles. The smallest absolute Gasteiger partial charge is 0.119 e. The molecule has 22 heavy (non-hydrogen) atoms. The zero-order valence-corrected chi connectivity index (χ0v) is 12.9. The van der Waals surface area contributed by atoms with Crippen LogP contribution in [0.4, 0.5) is 0 Å². The molecule has 3 fully saturated rings. The van der Waals surface area contributed by atoms with Crippen molar-refractivity contribution < 1.29 is 9.84 Å². The van der Waals surface area contributed by atoms with Gasteiger partial charge in [0.2, 0.25) is 0 Å². The van der Waals surface area contributed by atoms with Gasteiger partial charge in [-0.3, -0.25) is 9.88 Å². The maximum Gasteiger partial charge on any atom is 0.119 e. The van der Waals surface area contributed by atoms with Crippen LogP contribution in [-0.4, -0.2) is 41.2 Å². The van der Waals surface area contributed by atoms with Crippen LogP contribution in [0.2, 0.25) is 0 Å². The van der Waals surface area contributed by atoms with E-state index in [1.54, 1.807) is 13.3 Å². The molecule has 3 aliphatic heterocycles. The molecule has 0 amide bonds. The molecule has 4 heteroatoms. The SMILES string of the molecule is COc1ccc2nccc([C@@H](O)C3CC4CCN3CC4)c2c1. The fourth-order valence-electron chi connectivity index (χ4n) is 4.08. The number of nitrogens with zero attached hydrogens (tertiary/aromatic N) is 2. The number of fused-ring (bicyclic) bond motifs is 4. The van der Waals surface area contributed by atoms with Crippen LogP contribution in [0.5, 0.6) is 5.75 Å². The van der Waals surface area contributed by atoms with Crippen molar-refractivity contribution in [1.82, 2.24) is 9.88 Å². The minimum atomic E-state index is -0.458. The van der Waals surface area contributed by atoms with E-state index < -0.39 is 6.10 Å². The lowest BCUT2D eigenvalue weighted by atomic mass is 9.79. The first kappa shape index (κ1) is 14.0. The Labute approximate surface area is 130 Å². The highest BCUT2D eigenvalue weighted by Crippen LogP contribution is 2.39. The van der Waals surface area contributed by atoms with E-state index in [4.69, 9.17) is 4.74 Å². The molecule has 0 aliphatic carbocycles. The van der Waals surface area contributed by atoms with Gasteiger partial charge in [0.05, 0.1) is 18.7 Å². The fraction of sp³-hybridized carbons (Fsp3) is 0.500. The summed E-state index contributed by atoms with van der Waals surface area (Å²) in [6, 6.07) is 8.05. The number of hydrogen-bond donors (Lipinski definition) is 1. The monoisotopic (exact) mass is 298 g/mol. The zero-order valence-electron chi connectivity index (χ0n) is 12.9. The van der Waals surface area contributed by atoms with E-state index in [9.17, 15) is 5.11 Å². The Balaban J connectivity index is 1.73. The molecule has 2 atom stereocenters. The predicted molar refractivity (Wildman–Crippen MR) is 86.0 cm³/mol. The normalized spacial score (nSPS) is 28.7. The lowest BCUT2D eigenvalue weighted by Gasteiger charge is -2.47. The second-order valence-corrected chi connectivity index (χ2v) is 6.51. The highest BCUT2D eigenvalue weighted by molar-refractivity contribution is 5.83. The van der Waals surface area contributed by atoms with Crippen molar-refractivity contribution in [2.24, 2.45) is 5.92 Å². The lowest BCUT2D eigenvalue weighted by Crippen LogP contribution is -2.51. The molecule has 1 aromatic heterocycles. The minimum Gasteiger partial charge on any atom is -0.497 e. The molecule has 4 nitrogen and oxygen atoms in total. The van der Waals surface area contributed by atoms with Gasteiger partial charge in [-0.2, -0.15) is 0 Å². The summed E-state index contributed by atoms with van der Waals surface area (Å²) in [7, 11) is 1.67.